The van der Waals surface area contributed by atoms with Crippen LogP contribution in [-0.2, 0) is 6.54 Å². The Morgan fingerprint density at radius 1 is 1.47 bits per heavy atom. The van der Waals surface area contributed by atoms with Gasteiger partial charge in [0.2, 0.25) is 0 Å². The summed E-state index contributed by atoms with van der Waals surface area (Å²) in [5, 5.41) is 8.92. The topological polar surface area (TPSA) is 44.5 Å². The molecular weight excluding hydrogens is 230 g/mol. The Bertz CT molecular complexity index is 628. The Morgan fingerprint density at radius 2 is 2.24 bits per heavy atom. The second-order valence-electron chi connectivity index (χ2n) is 4.61. The summed E-state index contributed by atoms with van der Waals surface area (Å²) in [6, 6.07) is 7.77. The average molecular weight is 245 g/mol. The highest BCUT2D eigenvalue weighted by atomic mass is 32.1. The molecule has 0 aliphatic carbocycles. The molecule has 0 radical (unpaired) electrons. The highest BCUT2D eigenvalue weighted by Gasteiger charge is 2.06. The lowest BCUT2D eigenvalue weighted by atomic mass is 10.1. The first kappa shape index (κ1) is 11.9. The van der Waals surface area contributed by atoms with Gasteiger partial charge in [0.15, 0.2) is 4.77 Å². The van der Waals surface area contributed by atoms with Crippen LogP contribution >= 0.6 is 12.2 Å². The molecule has 0 spiro atoms. The van der Waals surface area contributed by atoms with E-state index in [0.717, 1.165) is 28.8 Å². The Morgan fingerprint density at radius 3 is 2.88 bits per heavy atom. The van der Waals surface area contributed by atoms with Gasteiger partial charge in [0.25, 0.3) is 0 Å². The zero-order chi connectivity index (χ0) is 12.4. The number of aromatic nitrogens is 2. The molecule has 0 aliphatic heterocycles. The van der Waals surface area contributed by atoms with Crippen LogP contribution in [0.5, 0.6) is 0 Å². The van der Waals surface area contributed by atoms with Gasteiger partial charge in [-0.05, 0) is 42.8 Å². The van der Waals surface area contributed by atoms with Crippen LogP contribution in [0.1, 0.15) is 25.8 Å². The summed E-state index contributed by atoms with van der Waals surface area (Å²) in [7, 11) is 0. The van der Waals surface area contributed by atoms with Crippen LogP contribution in [0.25, 0.3) is 11.0 Å². The van der Waals surface area contributed by atoms with E-state index in [1.165, 1.54) is 0 Å². The number of hydrogen-bond acceptors (Lipinski definition) is 2. The van der Waals surface area contributed by atoms with Crippen LogP contribution in [0, 0.1) is 22.0 Å². The largest absolute Gasteiger partial charge is 0.331 e. The van der Waals surface area contributed by atoms with Crippen molar-refractivity contribution in [3.8, 4) is 6.07 Å². The number of benzene rings is 1. The van der Waals surface area contributed by atoms with Crippen molar-refractivity contribution in [2.75, 3.05) is 0 Å². The average Bonchev–Trinajstić information content (AvgIpc) is 2.61. The SMILES string of the molecule is CC(C)CCn1c(=S)[nH]c2ccc(C#N)cc21. The summed E-state index contributed by atoms with van der Waals surface area (Å²) in [4.78, 5) is 3.17. The van der Waals surface area contributed by atoms with Gasteiger partial charge in [0.1, 0.15) is 0 Å². The molecule has 0 amide bonds. The number of rotatable bonds is 3. The normalized spacial score (nSPS) is 10.9. The fraction of sp³-hybridized carbons (Fsp3) is 0.385. The summed E-state index contributed by atoms with van der Waals surface area (Å²) < 4.78 is 2.81. The van der Waals surface area contributed by atoms with Crippen LogP contribution in [0.15, 0.2) is 18.2 Å². The quantitative estimate of drug-likeness (QED) is 0.839. The molecule has 0 bridgehead atoms. The third kappa shape index (κ3) is 2.40. The summed E-state index contributed by atoms with van der Waals surface area (Å²) in [6.07, 6.45) is 1.08. The molecule has 88 valence electrons. The fourth-order valence-corrected chi connectivity index (χ4v) is 2.13. The summed E-state index contributed by atoms with van der Waals surface area (Å²) in [5.74, 6) is 0.640. The number of nitrogens with one attached hydrogen (secondary N) is 1. The van der Waals surface area contributed by atoms with Gasteiger partial charge in [0.05, 0.1) is 22.7 Å². The molecule has 3 nitrogen and oxygen atoms in total. The molecule has 4 heteroatoms. The van der Waals surface area contributed by atoms with E-state index in [2.05, 4.69) is 29.5 Å². The monoisotopic (exact) mass is 245 g/mol. The number of hydrogen-bond donors (Lipinski definition) is 1. The molecule has 17 heavy (non-hydrogen) atoms. The van der Waals surface area contributed by atoms with E-state index >= 15 is 0 Å². The maximum absolute atomic E-state index is 8.92. The van der Waals surface area contributed by atoms with E-state index in [9.17, 15) is 0 Å². The molecule has 2 rings (SSSR count). The van der Waals surface area contributed by atoms with Crippen molar-refractivity contribution in [2.24, 2.45) is 5.92 Å². The molecule has 0 unspecified atom stereocenters. The van der Waals surface area contributed by atoms with Gasteiger partial charge in [-0.25, -0.2) is 0 Å². The van der Waals surface area contributed by atoms with Crippen molar-refractivity contribution < 1.29 is 0 Å². The summed E-state index contributed by atoms with van der Waals surface area (Å²) in [5.41, 5.74) is 2.69. The number of aryl methyl sites for hydroxylation is 1. The van der Waals surface area contributed by atoms with E-state index in [0.29, 0.717) is 11.5 Å². The Hall–Kier alpha value is -1.60. The van der Waals surface area contributed by atoms with Crippen molar-refractivity contribution in [3.05, 3.63) is 28.5 Å². The van der Waals surface area contributed by atoms with Gasteiger partial charge < -0.3 is 9.55 Å². The number of imidazole rings is 1. The number of H-pyrrole nitrogens is 1. The number of nitriles is 1. The molecule has 1 aromatic carbocycles. The maximum Gasteiger partial charge on any atom is 0.178 e. The Labute approximate surface area is 106 Å². The minimum Gasteiger partial charge on any atom is -0.331 e. The van der Waals surface area contributed by atoms with Crippen LogP contribution in [-0.4, -0.2) is 9.55 Å². The highest BCUT2D eigenvalue weighted by molar-refractivity contribution is 7.71. The van der Waals surface area contributed by atoms with Crippen LogP contribution in [0.3, 0.4) is 0 Å². The predicted octanol–water partition coefficient (Wildman–Crippen LogP) is 3.62. The van der Waals surface area contributed by atoms with E-state index in [1.54, 1.807) is 6.07 Å². The zero-order valence-corrected chi connectivity index (χ0v) is 10.8. The van der Waals surface area contributed by atoms with Crippen molar-refractivity contribution in [1.29, 1.82) is 5.26 Å². The van der Waals surface area contributed by atoms with Gasteiger partial charge in [-0.1, -0.05) is 13.8 Å². The van der Waals surface area contributed by atoms with Gasteiger partial charge in [0, 0.05) is 6.54 Å². The summed E-state index contributed by atoms with van der Waals surface area (Å²) in [6.45, 7) is 5.28. The van der Waals surface area contributed by atoms with Crippen LogP contribution in [0.4, 0.5) is 0 Å². The first-order valence-electron chi connectivity index (χ1n) is 5.74. The smallest absolute Gasteiger partial charge is 0.178 e. The van der Waals surface area contributed by atoms with Crippen molar-refractivity contribution in [2.45, 2.75) is 26.8 Å². The van der Waals surface area contributed by atoms with E-state index in [4.69, 9.17) is 17.5 Å². The zero-order valence-electron chi connectivity index (χ0n) is 10.0. The van der Waals surface area contributed by atoms with Crippen LogP contribution < -0.4 is 0 Å². The Kier molecular flexibility index (Phi) is 3.30. The predicted molar refractivity (Wildman–Crippen MR) is 71.3 cm³/mol. The molecule has 1 heterocycles. The molecule has 2 aromatic rings. The fourth-order valence-electron chi connectivity index (χ4n) is 1.83. The second-order valence-corrected chi connectivity index (χ2v) is 4.99. The molecule has 0 saturated carbocycles. The Balaban J connectivity index is 2.50. The lowest BCUT2D eigenvalue weighted by Crippen LogP contribution is -2.01. The van der Waals surface area contributed by atoms with E-state index < -0.39 is 0 Å². The minimum absolute atomic E-state index is 0.640. The third-order valence-electron chi connectivity index (χ3n) is 2.83. The van der Waals surface area contributed by atoms with Gasteiger partial charge in [-0.2, -0.15) is 5.26 Å². The molecule has 0 aliphatic rings. The minimum atomic E-state index is 0.640. The lowest BCUT2D eigenvalue weighted by Gasteiger charge is -2.06. The molecule has 1 N–H and O–H groups in total. The lowest BCUT2D eigenvalue weighted by molar-refractivity contribution is 0.520. The first-order valence-corrected chi connectivity index (χ1v) is 6.15. The van der Waals surface area contributed by atoms with E-state index in [-0.39, 0.29) is 0 Å². The number of nitrogens with zero attached hydrogens (tertiary/aromatic N) is 2. The molecule has 0 atom stereocenters. The maximum atomic E-state index is 8.92. The number of fused-ring (bicyclic) bond motifs is 1. The van der Waals surface area contributed by atoms with Gasteiger partial charge >= 0.3 is 0 Å². The van der Waals surface area contributed by atoms with E-state index in [1.807, 2.05) is 12.1 Å². The standard InChI is InChI=1S/C13H15N3S/c1-9(2)5-6-16-12-7-10(8-14)3-4-11(12)15-13(16)17/h3-4,7,9H,5-6H2,1-2H3,(H,15,17). The molecular formula is C13H15N3S. The molecule has 0 fully saturated rings. The van der Waals surface area contributed by atoms with Gasteiger partial charge in [-0.3, -0.25) is 0 Å². The van der Waals surface area contributed by atoms with Crippen molar-refractivity contribution >= 4 is 23.3 Å². The van der Waals surface area contributed by atoms with Crippen LogP contribution in [0.2, 0.25) is 0 Å². The second kappa shape index (κ2) is 4.72. The first-order chi connectivity index (χ1) is 8.11. The van der Waals surface area contributed by atoms with Crippen molar-refractivity contribution in [3.63, 3.8) is 0 Å². The van der Waals surface area contributed by atoms with Gasteiger partial charge in [-0.15, -0.1) is 0 Å². The molecule has 0 saturated heterocycles. The highest BCUT2D eigenvalue weighted by Crippen LogP contribution is 2.17. The third-order valence-corrected chi connectivity index (χ3v) is 3.16. The molecule has 1 aromatic heterocycles. The number of aromatic amines is 1. The van der Waals surface area contributed by atoms with Crippen molar-refractivity contribution in [1.82, 2.24) is 9.55 Å². The summed E-state index contributed by atoms with van der Waals surface area (Å²) >= 11 is 5.31.